The molecule has 0 bridgehead atoms. The van der Waals surface area contributed by atoms with Crippen molar-refractivity contribution in [2.75, 3.05) is 11.9 Å². The third-order valence-corrected chi connectivity index (χ3v) is 2.75. The Kier molecular flexibility index (Phi) is 3.50. The zero-order chi connectivity index (χ0) is 12.4. The van der Waals surface area contributed by atoms with Gasteiger partial charge in [-0.1, -0.05) is 0 Å². The van der Waals surface area contributed by atoms with Crippen LogP contribution in [-0.2, 0) is 0 Å². The molecule has 0 atom stereocenters. The lowest BCUT2D eigenvalue weighted by Gasteiger charge is -2.15. The molecule has 4 nitrogen and oxygen atoms in total. The van der Waals surface area contributed by atoms with Gasteiger partial charge in [-0.05, 0) is 40.5 Å². The van der Waals surface area contributed by atoms with Crippen LogP contribution in [0.2, 0.25) is 0 Å². The third kappa shape index (κ3) is 2.87. The Labute approximate surface area is 103 Å². The number of aromatic nitrogens is 2. The third-order valence-electron chi connectivity index (χ3n) is 2.75. The average Bonchev–Trinajstić information content (AvgIpc) is 3.07. The Balaban J connectivity index is 2.33. The molecular formula is C13H21N3O. The Morgan fingerprint density at radius 2 is 2.06 bits per heavy atom. The van der Waals surface area contributed by atoms with E-state index in [2.05, 4.69) is 22.2 Å². The van der Waals surface area contributed by atoms with Crippen LogP contribution in [0.5, 0.6) is 5.88 Å². The Hall–Kier alpha value is -1.32. The summed E-state index contributed by atoms with van der Waals surface area (Å²) in [5.41, 5.74) is 1.00. The largest absolute Gasteiger partial charge is 0.475 e. The molecule has 0 radical (unpaired) electrons. The van der Waals surface area contributed by atoms with Crippen molar-refractivity contribution in [3.8, 4) is 5.88 Å². The first-order valence-electron chi connectivity index (χ1n) is 6.40. The Bertz CT molecular complexity index is 400. The fraction of sp³-hybridized carbons (Fsp3) is 0.692. The molecule has 1 aliphatic carbocycles. The number of rotatable bonds is 5. The first-order valence-corrected chi connectivity index (χ1v) is 6.40. The number of nitrogens with zero attached hydrogens (tertiary/aromatic N) is 2. The summed E-state index contributed by atoms with van der Waals surface area (Å²) in [5, 5.41) is 3.28. The van der Waals surface area contributed by atoms with Gasteiger partial charge in [0.05, 0.1) is 11.7 Å². The summed E-state index contributed by atoms with van der Waals surface area (Å²) >= 11 is 0. The van der Waals surface area contributed by atoms with E-state index in [0.29, 0.717) is 5.92 Å². The number of nitrogens with one attached hydrogen (secondary N) is 1. The molecule has 0 amide bonds. The van der Waals surface area contributed by atoms with E-state index in [4.69, 9.17) is 4.74 Å². The number of hydrogen-bond acceptors (Lipinski definition) is 4. The molecule has 0 aromatic carbocycles. The lowest BCUT2D eigenvalue weighted by atomic mass is 10.3. The van der Waals surface area contributed by atoms with E-state index in [1.165, 1.54) is 12.8 Å². The van der Waals surface area contributed by atoms with Gasteiger partial charge in [0.15, 0.2) is 0 Å². The summed E-state index contributed by atoms with van der Waals surface area (Å²) in [6.07, 6.45) is 2.55. The smallest absolute Gasteiger partial charge is 0.222 e. The normalized spacial score (nSPS) is 15.1. The molecule has 0 spiro atoms. The summed E-state index contributed by atoms with van der Waals surface area (Å²) in [6, 6.07) is 0. The lowest BCUT2D eigenvalue weighted by molar-refractivity contribution is 0.230. The zero-order valence-corrected chi connectivity index (χ0v) is 11.1. The van der Waals surface area contributed by atoms with Gasteiger partial charge in [-0.3, -0.25) is 0 Å². The molecular weight excluding hydrogens is 214 g/mol. The van der Waals surface area contributed by atoms with Crippen LogP contribution in [0.1, 0.15) is 50.9 Å². The molecule has 94 valence electrons. The fourth-order valence-electron chi connectivity index (χ4n) is 1.71. The van der Waals surface area contributed by atoms with Gasteiger partial charge in [0.1, 0.15) is 11.6 Å². The van der Waals surface area contributed by atoms with Crippen LogP contribution in [0.25, 0.3) is 0 Å². The van der Waals surface area contributed by atoms with Crippen LogP contribution in [0.4, 0.5) is 5.82 Å². The van der Waals surface area contributed by atoms with Crippen molar-refractivity contribution < 1.29 is 4.74 Å². The van der Waals surface area contributed by atoms with Crippen molar-refractivity contribution in [3.63, 3.8) is 0 Å². The highest BCUT2D eigenvalue weighted by atomic mass is 16.5. The molecule has 1 saturated carbocycles. The minimum absolute atomic E-state index is 0.144. The number of hydrogen-bond donors (Lipinski definition) is 1. The number of ether oxygens (including phenoxy) is 1. The lowest BCUT2D eigenvalue weighted by Crippen LogP contribution is -2.12. The molecule has 2 rings (SSSR count). The Morgan fingerprint density at radius 3 is 2.59 bits per heavy atom. The van der Waals surface area contributed by atoms with E-state index in [1.807, 2.05) is 20.8 Å². The molecule has 0 unspecified atom stereocenters. The molecule has 0 aliphatic heterocycles. The van der Waals surface area contributed by atoms with Crippen LogP contribution in [0.3, 0.4) is 0 Å². The highest BCUT2D eigenvalue weighted by Gasteiger charge is 2.28. The van der Waals surface area contributed by atoms with Crippen molar-refractivity contribution in [2.24, 2.45) is 0 Å². The van der Waals surface area contributed by atoms with Crippen LogP contribution < -0.4 is 10.1 Å². The molecule has 1 aliphatic rings. The molecule has 17 heavy (non-hydrogen) atoms. The summed E-state index contributed by atoms with van der Waals surface area (Å²) < 4.78 is 5.76. The van der Waals surface area contributed by atoms with Gasteiger partial charge >= 0.3 is 0 Å². The standard InChI is InChI=1S/C13H21N3O/c1-5-14-11-9(4)13(17-8(2)3)16-12(15-11)10-6-7-10/h8,10H,5-7H2,1-4H3,(H,14,15,16). The van der Waals surface area contributed by atoms with E-state index < -0.39 is 0 Å². The van der Waals surface area contributed by atoms with Gasteiger partial charge in [-0.15, -0.1) is 0 Å². The van der Waals surface area contributed by atoms with E-state index in [1.54, 1.807) is 0 Å². The minimum atomic E-state index is 0.144. The van der Waals surface area contributed by atoms with E-state index in [0.717, 1.165) is 29.6 Å². The quantitative estimate of drug-likeness (QED) is 0.852. The van der Waals surface area contributed by atoms with Gasteiger partial charge < -0.3 is 10.1 Å². The van der Waals surface area contributed by atoms with E-state index >= 15 is 0 Å². The van der Waals surface area contributed by atoms with Gasteiger partial charge in [-0.2, -0.15) is 4.98 Å². The van der Waals surface area contributed by atoms with E-state index in [9.17, 15) is 0 Å². The van der Waals surface area contributed by atoms with Crippen molar-refractivity contribution in [3.05, 3.63) is 11.4 Å². The van der Waals surface area contributed by atoms with Crippen LogP contribution >= 0.6 is 0 Å². The fourth-order valence-corrected chi connectivity index (χ4v) is 1.71. The van der Waals surface area contributed by atoms with Crippen molar-refractivity contribution in [2.45, 2.75) is 52.6 Å². The van der Waals surface area contributed by atoms with Crippen molar-refractivity contribution in [1.82, 2.24) is 9.97 Å². The SMILES string of the molecule is CCNc1nc(C2CC2)nc(OC(C)C)c1C. The van der Waals surface area contributed by atoms with Gasteiger partial charge in [0.25, 0.3) is 0 Å². The average molecular weight is 235 g/mol. The summed E-state index contributed by atoms with van der Waals surface area (Å²) in [6.45, 7) is 8.98. The molecule has 0 saturated heterocycles. The van der Waals surface area contributed by atoms with Gasteiger partial charge in [0, 0.05) is 12.5 Å². The number of anilines is 1. The van der Waals surface area contributed by atoms with Crippen LogP contribution in [0, 0.1) is 6.92 Å². The molecule has 1 heterocycles. The predicted molar refractivity (Wildman–Crippen MR) is 68.7 cm³/mol. The maximum absolute atomic E-state index is 5.76. The van der Waals surface area contributed by atoms with Crippen LogP contribution in [-0.4, -0.2) is 22.6 Å². The molecule has 4 heteroatoms. The summed E-state index contributed by atoms with van der Waals surface area (Å²) in [7, 11) is 0. The topological polar surface area (TPSA) is 47.0 Å². The second kappa shape index (κ2) is 4.90. The zero-order valence-electron chi connectivity index (χ0n) is 11.1. The minimum Gasteiger partial charge on any atom is -0.475 e. The van der Waals surface area contributed by atoms with Crippen molar-refractivity contribution >= 4 is 5.82 Å². The highest BCUT2D eigenvalue weighted by molar-refractivity contribution is 5.49. The monoisotopic (exact) mass is 235 g/mol. The summed E-state index contributed by atoms with van der Waals surface area (Å²) in [4.78, 5) is 9.13. The van der Waals surface area contributed by atoms with Crippen LogP contribution in [0.15, 0.2) is 0 Å². The second-order valence-corrected chi connectivity index (χ2v) is 4.83. The maximum Gasteiger partial charge on any atom is 0.222 e. The summed E-state index contributed by atoms with van der Waals surface area (Å²) in [5.74, 6) is 3.12. The Morgan fingerprint density at radius 1 is 1.35 bits per heavy atom. The predicted octanol–water partition coefficient (Wildman–Crippen LogP) is 2.88. The highest BCUT2D eigenvalue weighted by Crippen LogP contribution is 2.40. The molecule has 1 aromatic heterocycles. The van der Waals surface area contributed by atoms with Crippen molar-refractivity contribution in [1.29, 1.82) is 0 Å². The first-order chi connectivity index (χ1) is 8.11. The molecule has 1 aromatic rings. The van der Waals surface area contributed by atoms with Gasteiger partial charge in [0.2, 0.25) is 5.88 Å². The van der Waals surface area contributed by atoms with Gasteiger partial charge in [-0.25, -0.2) is 4.98 Å². The first kappa shape index (κ1) is 12.1. The second-order valence-electron chi connectivity index (χ2n) is 4.83. The van der Waals surface area contributed by atoms with E-state index in [-0.39, 0.29) is 6.10 Å². The maximum atomic E-state index is 5.76. The molecule has 1 fully saturated rings. The molecule has 1 N–H and O–H groups in total.